The highest BCUT2D eigenvalue weighted by Crippen LogP contribution is 2.54. The zero-order chi connectivity index (χ0) is 38.2. The van der Waals surface area contributed by atoms with Gasteiger partial charge in [0.25, 0.3) is 0 Å². The lowest BCUT2D eigenvalue weighted by atomic mass is 9.91. The Morgan fingerprint density at radius 2 is 0.724 bits per heavy atom. The molecule has 0 spiro atoms. The normalized spacial score (nSPS) is 19.4. The Bertz CT molecular complexity index is 2850. The molecule has 2 heterocycles. The fourth-order valence-electron chi connectivity index (χ4n) is 9.70. The molecule has 0 fully saturated rings. The van der Waals surface area contributed by atoms with Gasteiger partial charge in [-0.2, -0.15) is 0 Å². The van der Waals surface area contributed by atoms with Crippen molar-refractivity contribution in [3.05, 3.63) is 217 Å². The minimum Gasteiger partial charge on any atom is -0.483 e. The minimum absolute atomic E-state index is 0.0183. The highest BCUT2D eigenvalue weighted by molar-refractivity contribution is 6.24. The van der Waals surface area contributed by atoms with Crippen LogP contribution in [0.15, 0.2) is 206 Å². The summed E-state index contributed by atoms with van der Waals surface area (Å²) in [4.78, 5) is 4.80. The van der Waals surface area contributed by atoms with E-state index in [9.17, 15) is 0 Å². The van der Waals surface area contributed by atoms with Crippen LogP contribution in [0.2, 0.25) is 0 Å². The van der Waals surface area contributed by atoms with Crippen molar-refractivity contribution in [3.8, 4) is 11.5 Å². The zero-order valence-electron chi connectivity index (χ0n) is 31.7. The molecule has 0 aromatic heterocycles. The highest BCUT2D eigenvalue weighted by atomic mass is 16.5. The molecule has 2 aliphatic carbocycles. The Kier molecular flexibility index (Phi) is 7.45. The number of fused-ring (bicyclic) bond motifs is 11. The van der Waals surface area contributed by atoms with Gasteiger partial charge in [-0.15, -0.1) is 0 Å². The van der Waals surface area contributed by atoms with Gasteiger partial charge in [0, 0.05) is 45.1 Å². The molecule has 8 aromatic carbocycles. The van der Waals surface area contributed by atoms with Crippen LogP contribution in [-0.4, -0.2) is 12.2 Å². The molecule has 4 nitrogen and oxygen atoms in total. The number of rotatable bonds is 6. The van der Waals surface area contributed by atoms with E-state index in [1.165, 1.54) is 32.7 Å². The third-order valence-electron chi connectivity index (χ3n) is 12.3. The lowest BCUT2D eigenvalue weighted by molar-refractivity contribution is 0.269. The van der Waals surface area contributed by atoms with Crippen LogP contribution in [0.5, 0.6) is 11.5 Å². The second-order valence-corrected chi connectivity index (χ2v) is 15.5. The van der Waals surface area contributed by atoms with E-state index in [2.05, 4.69) is 216 Å². The number of anilines is 6. The van der Waals surface area contributed by atoms with E-state index in [0.717, 1.165) is 56.4 Å². The smallest absolute Gasteiger partial charge is 0.148 e. The van der Waals surface area contributed by atoms with Crippen molar-refractivity contribution in [3.63, 3.8) is 0 Å². The standard InChI is InChI=1S/C54H38N2O2/c1-3-17-35(18-4-1)55(47-29-15-27-43-41-25-11-13-31-51(41)57-53(43)47)49-33-45-38-22-8-10-24-40(38)50(34-46(45)37-21-7-9-23-39(37)49)56(36-19-5-2-6-20-36)48-30-16-28-44-42-26-12-14-32-52(42)58-54(44)48/h1-34,41-42,51-52H. The molecule has 276 valence electrons. The summed E-state index contributed by atoms with van der Waals surface area (Å²) in [6.45, 7) is 0. The van der Waals surface area contributed by atoms with Gasteiger partial charge in [0.05, 0.1) is 22.7 Å². The van der Waals surface area contributed by atoms with Crippen LogP contribution in [0.4, 0.5) is 34.1 Å². The maximum atomic E-state index is 6.82. The topological polar surface area (TPSA) is 24.9 Å². The summed E-state index contributed by atoms with van der Waals surface area (Å²) in [5.74, 6) is 2.25. The van der Waals surface area contributed by atoms with E-state index in [1.54, 1.807) is 0 Å². The Morgan fingerprint density at radius 1 is 0.328 bits per heavy atom. The van der Waals surface area contributed by atoms with Gasteiger partial charge in [-0.25, -0.2) is 0 Å². The van der Waals surface area contributed by atoms with E-state index < -0.39 is 0 Å². The van der Waals surface area contributed by atoms with E-state index in [-0.39, 0.29) is 24.0 Å². The molecular formula is C54H38N2O2. The zero-order valence-corrected chi connectivity index (χ0v) is 31.7. The summed E-state index contributed by atoms with van der Waals surface area (Å²) in [7, 11) is 0. The van der Waals surface area contributed by atoms with E-state index >= 15 is 0 Å². The van der Waals surface area contributed by atoms with Gasteiger partial charge in [0.1, 0.15) is 23.7 Å². The van der Waals surface area contributed by atoms with Crippen molar-refractivity contribution in [1.82, 2.24) is 0 Å². The summed E-state index contributed by atoms with van der Waals surface area (Å²) < 4.78 is 13.6. The van der Waals surface area contributed by atoms with Crippen LogP contribution in [0.3, 0.4) is 0 Å². The quantitative estimate of drug-likeness (QED) is 0.158. The van der Waals surface area contributed by atoms with Gasteiger partial charge >= 0.3 is 0 Å². The summed E-state index contributed by atoms with van der Waals surface area (Å²) >= 11 is 0. The monoisotopic (exact) mass is 746 g/mol. The van der Waals surface area contributed by atoms with Crippen LogP contribution in [-0.2, 0) is 0 Å². The number of benzene rings is 8. The third kappa shape index (κ3) is 5.01. The van der Waals surface area contributed by atoms with Gasteiger partial charge in [0.15, 0.2) is 0 Å². The molecule has 4 atom stereocenters. The SMILES string of the molecule is C1=CC2Oc3c(cccc3N(c3ccccc3)c3cc4c5ccccc5c(N(c5ccccc5)c5cccc6c5OC5C=CC=CC65)cc4c4ccccc34)C2C=C1. The Labute approximate surface area is 337 Å². The fraction of sp³-hybridized carbons (Fsp3) is 0.0741. The van der Waals surface area contributed by atoms with Crippen LogP contribution in [0, 0.1) is 0 Å². The molecule has 2 aliphatic heterocycles. The van der Waals surface area contributed by atoms with Crippen LogP contribution in [0.1, 0.15) is 23.0 Å². The molecule has 0 amide bonds. The first kappa shape index (κ1) is 32.9. The number of para-hydroxylation sites is 4. The predicted octanol–water partition coefficient (Wildman–Crippen LogP) is 14.0. The maximum Gasteiger partial charge on any atom is 0.148 e. The van der Waals surface area contributed by atoms with Gasteiger partial charge in [-0.3, -0.25) is 0 Å². The van der Waals surface area contributed by atoms with Crippen LogP contribution < -0.4 is 19.3 Å². The molecule has 58 heavy (non-hydrogen) atoms. The second kappa shape index (κ2) is 13.1. The first-order valence-corrected chi connectivity index (χ1v) is 20.2. The van der Waals surface area contributed by atoms with Crippen LogP contribution >= 0.6 is 0 Å². The maximum absolute atomic E-state index is 6.82. The molecule has 4 unspecified atom stereocenters. The fourth-order valence-corrected chi connectivity index (χ4v) is 9.70. The third-order valence-corrected chi connectivity index (χ3v) is 12.3. The van der Waals surface area contributed by atoms with Gasteiger partial charge in [-0.05, 0) is 82.2 Å². The molecular weight excluding hydrogens is 709 g/mol. The minimum atomic E-state index is -0.0183. The molecule has 8 aromatic rings. The predicted molar refractivity (Wildman–Crippen MR) is 239 cm³/mol. The van der Waals surface area contributed by atoms with Crippen LogP contribution in [0.25, 0.3) is 32.3 Å². The molecule has 4 aliphatic rings. The number of allylic oxidation sites excluding steroid dienone is 4. The lowest BCUT2D eigenvalue weighted by Crippen LogP contribution is -2.16. The van der Waals surface area contributed by atoms with Crippen molar-refractivity contribution in [1.29, 1.82) is 0 Å². The lowest BCUT2D eigenvalue weighted by Gasteiger charge is -2.30. The van der Waals surface area contributed by atoms with Gasteiger partial charge in [-0.1, -0.05) is 146 Å². The summed E-state index contributed by atoms with van der Waals surface area (Å²) in [6, 6.07) is 57.1. The molecule has 0 saturated heterocycles. The highest BCUT2D eigenvalue weighted by Gasteiger charge is 2.37. The van der Waals surface area contributed by atoms with E-state index in [4.69, 9.17) is 9.47 Å². The number of nitrogens with zero attached hydrogens (tertiary/aromatic N) is 2. The van der Waals surface area contributed by atoms with E-state index in [1.807, 2.05) is 0 Å². The average Bonchev–Trinajstić information content (AvgIpc) is 3.87. The molecule has 0 bridgehead atoms. The number of ether oxygens (including phenoxy) is 2. The average molecular weight is 747 g/mol. The Hall–Kier alpha value is -7.30. The van der Waals surface area contributed by atoms with Crippen molar-refractivity contribution < 1.29 is 9.47 Å². The largest absolute Gasteiger partial charge is 0.483 e. The summed E-state index contributed by atoms with van der Waals surface area (Å²) in [6.07, 6.45) is 17.3. The van der Waals surface area contributed by atoms with Gasteiger partial charge in [0.2, 0.25) is 0 Å². The second-order valence-electron chi connectivity index (χ2n) is 15.5. The molecule has 0 radical (unpaired) electrons. The number of hydrogen-bond acceptors (Lipinski definition) is 4. The van der Waals surface area contributed by atoms with Crippen molar-refractivity contribution in [2.75, 3.05) is 9.80 Å². The molecule has 0 saturated carbocycles. The molecule has 12 rings (SSSR count). The number of hydrogen-bond donors (Lipinski definition) is 0. The Balaban J connectivity index is 1.13. The molecule has 4 heteroatoms. The van der Waals surface area contributed by atoms with Crippen molar-refractivity contribution in [2.24, 2.45) is 0 Å². The first-order chi connectivity index (χ1) is 28.8. The Morgan fingerprint density at radius 3 is 1.17 bits per heavy atom. The first-order valence-electron chi connectivity index (χ1n) is 20.2. The summed E-state index contributed by atoms with van der Waals surface area (Å²) in [5, 5.41) is 7.05. The van der Waals surface area contributed by atoms with E-state index in [0.29, 0.717) is 0 Å². The molecule has 0 N–H and O–H groups in total. The summed E-state index contributed by atoms with van der Waals surface area (Å²) in [5.41, 5.74) is 8.84. The van der Waals surface area contributed by atoms with Gasteiger partial charge < -0.3 is 19.3 Å². The van der Waals surface area contributed by atoms with Crippen molar-refractivity contribution >= 4 is 66.4 Å². The van der Waals surface area contributed by atoms with Crippen molar-refractivity contribution in [2.45, 2.75) is 24.0 Å².